The molecule has 2 bridgehead atoms. The minimum absolute atomic E-state index is 0.0942. The number of rotatable bonds is 6. The Balaban J connectivity index is 1.41. The van der Waals surface area contributed by atoms with Gasteiger partial charge in [-0.3, -0.25) is 9.59 Å². The number of alkyl halides is 3. The molecule has 1 spiro atoms. The minimum atomic E-state index is -4.49. The van der Waals surface area contributed by atoms with E-state index in [1.807, 2.05) is 27.0 Å². The molecular formula is C33H37F3N2O5. The topological polar surface area (TPSA) is 79.3 Å². The van der Waals surface area contributed by atoms with Crippen LogP contribution in [-0.2, 0) is 27.6 Å². The monoisotopic (exact) mass is 598 g/mol. The van der Waals surface area contributed by atoms with Crippen molar-refractivity contribution in [1.82, 2.24) is 9.80 Å². The Morgan fingerprint density at radius 2 is 2.00 bits per heavy atom. The van der Waals surface area contributed by atoms with E-state index in [9.17, 15) is 27.9 Å². The first-order valence-corrected chi connectivity index (χ1v) is 14.9. The third-order valence-electron chi connectivity index (χ3n) is 9.81. The molecule has 1 N–H and O–H groups in total. The predicted molar refractivity (Wildman–Crippen MR) is 154 cm³/mol. The van der Waals surface area contributed by atoms with Gasteiger partial charge in [-0.05, 0) is 80.6 Å². The van der Waals surface area contributed by atoms with Crippen LogP contribution in [0.5, 0.6) is 11.5 Å². The van der Waals surface area contributed by atoms with Crippen molar-refractivity contribution in [3.63, 3.8) is 0 Å². The fourth-order valence-corrected chi connectivity index (χ4v) is 8.13. The van der Waals surface area contributed by atoms with Gasteiger partial charge in [-0.1, -0.05) is 32.0 Å². The van der Waals surface area contributed by atoms with Crippen LogP contribution in [0, 0.1) is 5.92 Å². The van der Waals surface area contributed by atoms with E-state index in [0.717, 1.165) is 29.8 Å². The molecule has 4 aliphatic rings. The van der Waals surface area contributed by atoms with E-state index >= 15 is 0 Å². The number of amides is 1. The Bertz CT molecular complexity index is 1490. The lowest BCUT2D eigenvalue weighted by atomic mass is 9.48. The number of likely N-dealkylation sites (N-methyl/N-ethyl adjacent to an activating group) is 1. The molecule has 43 heavy (non-hydrogen) atoms. The van der Waals surface area contributed by atoms with Gasteiger partial charge in [0.25, 0.3) is 0 Å². The normalized spacial score (nSPS) is 29.4. The van der Waals surface area contributed by atoms with E-state index in [2.05, 4.69) is 4.90 Å². The van der Waals surface area contributed by atoms with E-state index in [-0.39, 0.29) is 23.4 Å². The number of esters is 1. The number of nitrogens with zero attached hydrogens (tertiary/aromatic N) is 2. The van der Waals surface area contributed by atoms with Crippen LogP contribution in [0.25, 0.3) is 6.08 Å². The highest BCUT2D eigenvalue weighted by Gasteiger charge is 2.73. The molecule has 10 heteroatoms. The number of ether oxygens (including phenoxy) is 2. The highest BCUT2D eigenvalue weighted by Crippen LogP contribution is 2.65. The van der Waals surface area contributed by atoms with Gasteiger partial charge in [-0.25, -0.2) is 0 Å². The first-order valence-electron chi connectivity index (χ1n) is 14.9. The number of likely N-dealkylation sites (tertiary alicyclic amines) is 1. The van der Waals surface area contributed by atoms with Gasteiger partial charge in [0.15, 0.2) is 11.5 Å². The second-order valence-electron chi connectivity index (χ2n) is 12.9. The van der Waals surface area contributed by atoms with Crippen molar-refractivity contribution < 1.29 is 37.3 Å². The van der Waals surface area contributed by atoms with Gasteiger partial charge >= 0.3 is 12.1 Å². The number of hydrogen-bond acceptors (Lipinski definition) is 6. The summed E-state index contributed by atoms with van der Waals surface area (Å²) in [6, 6.07) is 8.01. The van der Waals surface area contributed by atoms with Gasteiger partial charge in [0.2, 0.25) is 5.91 Å². The second kappa shape index (κ2) is 10.4. The Morgan fingerprint density at radius 1 is 1.23 bits per heavy atom. The number of carbonyl (C=O) groups excluding carboxylic acids is 2. The summed E-state index contributed by atoms with van der Waals surface area (Å²) in [7, 11) is 2.03. The highest BCUT2D eigenvalue weighted by atomic mass is 19.4. The molecular weight excluding hydrogens is 561 g/mol. The third-order valence-corrected chi connectivity index (χ3v) is 9.81. The van der Waals surface area contributed by atoms with Crippen LogP contribution in [0.3, 0.4) is 0 Å². The van der Waals surface area contributed by atoms with Crippen molar-refractivity contribution in [1.29, 1.82) is 0 Å². The zero-order chi connectivity index (χ0) is 30.9. The number of benzene rings is 2. The van der Waals surface area contributed by atoms with Crippen LogP contribution < -0.4 is 9.47 Å². The Hall–Kier alpha value is -3.37. The molecule has 5 atom stereocenters. The summed E-state index contributed by atoms with van der Waals surface area (Å²) >= 11 is 0. The van der Waals surface area contributed by atoms with Crippen LogP contribution in [-0.4, -0.2) is 70.7 Å². The van der Waals surface area contributed by atoms with Gasteiger partial charge in [0.1, 0.15) is 6.10 Å². The molecule has 0 aromatic heterocycles. The molecule has 6 rings (SSSR count). The molecule has 0 radical (unpaired) electrons. The SMILES string of the molecule is CC(=O)Oc1ccc2c3c1O[C@H]1[C@@H](N(CC(C)C)C(=O)C=Cc4cccc(C(F)(F)F)c4)CC[C@@]4(O)[C@@H](C2)N(C)CC[C@]314. The first-order chi connectivity index (χ1) is 20.3. The van der Waals surface area contributed by atoms with Crippen molar-refractivity contribution >= 4 is 18.0 Å². The molecule has 2 heterocycles. The predicted octanol–water partition coefficient (Wildman–Crippen LogP) is 4.98. The number of halogens is 3. The fourth-order valence-electron chi connectivity index (χ4n) is 8.13. The summed E-state index contributed by atoms with van der Waals surface area (Å²) < 4.78 is 52.1. The lowest BCUT2D eigenvalue weighted by Crippen LogP contribution is -2.78. The van der Waals surface area contributed by atoms with Crippen molar-refractivity contribution in [3.8, 4) is 11.5 Å². The maximum Gasteiger partial charge on any atom is 0.416 e. The number of carbonyl (C=O) groups is 2. The Kier molecular flexibility index (Phi) is 7.16. The van der Waals surface area contributed by atoms with Gasteiger partial charge in [-0.2, -0.15) is 13.2 Å². The molecule has 2 fully saturated rings. The molecule has 1 saturated heterocycles. The summed E-state index contributed by atoms with van der Waals surface area (Å²) in [4.78, 5) is 29.9. The maximum absolute atomic E-state index is 13.9. The smallest absolute Gasteiger partial charge is 0.416 e. The van der Waals surface area contributed by atoms with Crippen molar-refractivity contribution in [2.45, 2.75) is 81.8 Å². The summed E-state index contributed by atoms with van der Waals surface area (Å²) in [5.74, 6) is 0.0459. The van der Waals surface area contributed by atoms with E-state index in [1.54, 1.807) is 11.0 Å². The number of aliphatic hydroxyl groups is 1. The molecule has 2 aliphatic heterocycles. The van der Waals surface area contributed by atoms with Gasteiger partial charge < -0.3 is 24.4 Å². The lowest BCUT2D eigenvalue weighted by Gasteiger charge is -2.64. The van der Waals surface area contributed by atoms with E-state index in [4.69, 9.17) is 9.47 Å². The first kappa shape index (κ1) is 29.7. The van der Waals surface area contributed by atoms with Crippen LogP contribution in [0.1, 0.15) is 62.3 Å². The largest absolute Gasteiger partial charge is 0.483 e. The number of piperidine rings is 1. The maximum atomic E-state index is 13.9. The Labute approximate surface area is 249 Å². The van der Waals surface area contributed by atoms with Crippen LogP contribution in [0.15, 0.2) is 42.5 Å². The van der Waals surface area contributed by atoms with Crippen molar-refractivity contribution in [3.05, 3.63) is 64.7 Å². The zero-order valence-electron chi connectivity index (χ0n) is 24.8. The summed E-state index contributed by atoms with van der Waals surface area (Å²) in [6.45, 7) is 6.46. The number of hydrogen-bond donors (Lipinski definition) is 1. The van der Waals surface area contributed by atoms with Gasteiger partial charge in [0.05, 0.1) is 22.6 Å². The lowest BCUT2D eigenvalue weighted by molar-refractivity contribution is -0.197. The zero-order valence-corrected chi connectivity index (χ0v) is 24.8. The average Bonchev–Trinajstić information content (AvgIpc) is 3.29. The second-order valence-corrected chi connectivity index (χ2v) is 12.9. The van der Waals surface area contributed by atoms with Crippen molar-refractivity contribution in [2.75, 3.05) is 20.1 Å². The van der Waals surface area contributed by atoms with Gasteiger partial charge in [-0.15, -0.1) is 0 Å². The highest BCUT2D eigenvalue weighted by molar-refractivity contribution is 5.92. The van der Waals surface area contributed by atoms with Crippen molar-refractivity contribution in [2.24, 2.45) is 5.92 Å². The molecule has 7 nitrogen and oxygen atoms in total. The molecule has 2 aromatic rings. The average molecular weight is 599 g/mol. The summed E-state index contributed by atoms with van der Waals surface area (Å²) in [6.07, 6.45) is -0.185. The van der Waals surface area contributed by atoms with E-state index in [1.165, 1.54) is 31.2 Å². The summed E-state index contributed by atoms with van der Waals surface area (Å²) in [5.41, 5.74) is -0.515. The van der Waals surface area contributed by atoms with Gasteiger partial charge in [0, 0.05) is 31.1 Å². The quantitative estimate of drug-likeness (QED) is 0.287. The van der Waals surface area contributed by atoms with E-state index in [0.29, 0.717) is 43.7 Å². The summed E-state index contributed by atoms with van der Waals surface area (Å²) in [5, 5.41) is 12.6. The molecule has 2 aromatic carbocycles. The van der Waals surface area contributed by atoms with Crippen LogP contribution >= 0.6 is 0 Å². The molecule has 1 amide bonds. The fraction of sp³-hybridized carbons (Fsp3) is 0.515. The molecule has 0 unspecified atom stereocenters. The van der Waals surface area contributed by atoms with Crippen LogP contribution in [0.4, 0.5) is 13.2 Å². The minimum Gasteiger partial charge on any atom is -0.483 e. The Morgan fingerprint density at radius 3 is 2.70 bits per heavy atom. The molecule has 1 saturated carbocycles. The third kappa shape index (κ3) is 4.65. The standard InChI is InChI=1S/C33H37F3N2O5/c1-19(2)18-38(27(40)11-8-21-6-5-7-23(16-21)33(34,35)36)24-12-13-32(41)26-17-22-9-10-25(42-20(3)39)29-28(22)31(32,30(24)43-29)14-15-37(26)4/h5-11,16,19,24,26,30,41H,12-15,17-18H2,1-4H3/t24-,26+,30-,31-,32+/m0/s1. The van der Waals surface area contributed by atoms with E-state index < -0.39 is 40.9 Å². The molecule has 2 aliphatic carbocycles. The molecule has 230 valence electrons. The van der Waals surface area contributed by atoms with Crippen LogP contribution in [0.2, 0.25) is 0 Å².